The van der Waals surface area contributed by atoms with Crippen molar-refractivity contribution < 1.29 is 18.0 Å². The number of benzene rings is 1. The number of amides is 2. The molecule has 2 aliphatic heterocycles. The monoisotopic (exact) mass is 464 g/mol. The van der Waals surface area contributed by atoms with Crippen LogP contribution in [0.15, 0.2) is 29.2 Å². The number of carbonyl (C=O) groups is 2. The molecule has 3 fully saturated rings. The highest BCUT2D eigenvalue weighted by molar-refractivity contribution is 7.92. The summed E-state index contributed by atoms with van der Waals surface area (Å²) in [5, 5.41) is 11.2. The van der Waals surface area contributed by atoms with E-state index in [0.717, 1.165) is 13.0 Å². The first-order chi connectivity index (χ1) is 14.7. The topological polar surface area (TPSA) is 111 Å². The van der Waals surface area contributed by atoms with Crippen LogP contribution in [0, 0.1) is 11.3 Å². The van der Waals surface area contributed by atoms with Gasteiger partial charge in [-0.2, -0.15) is 5.26 Å². The van der Waals surface area contributed by atoms with E-state index in [-0.39, 0.29) is 34.8 Å². The van der Waals surface area contributed by atoms with Crippen molar-refractivity contribution in [3.05, 3.63) is 29.3 Å². The molecule has 1 aromatic carbocycles. The van der Waals surface area contributed by atoms with E-state index >= 15 is 0 Å². The first-order valence-electron chi connectivity index (χ1n) is 10.4. The molecule has 2 amide bonds. The fraction of sp³-hybridized carbons (Fsp3) is 0.571. The highest BCUT2D eigenvalue weighted by Crippen LogP contribution is 2.37. The molecule has 0 radical (unpaired) electrons. The second-order valence-electron chi connectivity index (χ2n) is 8.66. The number of nitrogens with zero attached hydrogens (tertiary/aromatic N) is 3. The highest BCUT2D eigenvalue weighted by Gasteiger charge is 2.51. The minimum atomic E-state index is -3.86. The molecule has 0 unspecified atom stereocenters. The molecular weight excluding hydrogens is 440 g/mol. The highest BCUT2D eigenvalue weighted by atomic mass is 35.5. The van der Waals surface area contributed by atoms with Gasteiger partial charge in [-0.05, 0) is 57.8 Å². The Morgan fingerprint density at radius 3 is 2.55 bits per heavy atom. The number of nitriles is 1. The Bertz CT molecular complexity index is 1050. The van der Waals surface area contributed by atoms with Gasteiger partial charge in [-0.15, -0.1) is 0 Å². The van der Waals surface area contributed by atoms with Crippen molar-refractivity contribution in [3.8, 4) is 6.07 Å². The van der Waals surface area contributed by atoms with E-state index in [1.807, 2.05) is 11.9 Å². The molecule has 0 aromatic heterocycles. The number of likely N-dealkylation sites (tertiary alicyclic amines) is 2. The maximum atomic E-state index is 13.3. The van der Waals surface area contributed by atoms with Crippen LogP contribution in [0.25, 0.3) is 0 Å². The molecule has 3 atom stereocenters. The van der Waals surface area contributed by atoms with Gasteiger partial charge in [0.2, 0.25) is 11.8 Å². The summed E-state index contributed by atoms with van der Waals surface area (Å²) in [6.45, 7) is 0.703. The van der Waals surface area contributed by atoms with E-state index in [9.17, 15) is 23.3 Å². The van der Waals surface area contributed by atoms with Crippen molar-refractivity contribution in [1.29, 1.82) is 5.26 Å². The first kappa shape index (κ1) is 22.1. The van der Waals surface area contributed by atoms with Crippen LogP contribution in [-0.2, 0) is 19.4 Å². The Balaban J connectivity index is 1.63. The van der Waals surface area contributed by atoms with E-state index in [0.29, 0.717) is 19.3 Å². The lowest BCUT2D eigenvalue weighted by molar-refractivity contribution is -0.141. The van der Waals surface area contributed by atoms with Gasteiger partial charge in [0.15, 0.2) is 9.84 Å². The number of rotatable bonds is 5. The largest absolute Gasteiger partial charge is 0.336 e. The second kappa shape index (κ2) is 8.08. The Morgan fingerprint density at radius 1 is 1.26 bits per heavy atom. The average molecular weight is 465 g/mol. The molecule has 0 bridgehead atoms. The molecule has 10 heteroatoms. The lowest BCUT2D eigenvalue weighted by Gasteiger charge is -2.29. The Labute approximate surface area is 187 Å². The smallest absolute Gasteiger partial charge is 0.244 e. The van der Waals surface area contributed by atoms with Crippen molar-refractivity contribution in [2.24, 2.45) is 0 Å². The van der Waals surface area contributed by atoms with Gasteiger partial charge in [-0.25, -0.2) is 8.42 Å². The minimum absolute atomic E-state index is 0.00352. The number of carbonyl (C=O) groups excluding carboxylic acids is 2. The lowest BCUT2D eigenvalue weighted by atomic mass is 10.1. The van der Waals surface area contributed by atoms with Gasteiger partial charge in [0, 0.05) is 6.54 Å². The van der Waals surface area contributed by atoms with E-state index in [2.05, 4.69) is 11.4 Å². The Hall–Kier alpha value is -2.15. The third kappa shape index (κ3) is 4.04. The number of hydrogen-bond acceptors (Lipinski definition) is 6. The minimum Gasteiger partial charge on any atom is -0.336 e. The van der Waals surface area contributed by atoms with Crippen molar-refractivity contribution in [1.82, 2.24) is 15.1 Å². The molecule has 0 spiro atoms. The molecule has 166 valence electrons. The number of hydrogen-bond donors (Lipinski definition) is 1. The Morgan fingerprint density at radius 2 is 1.97 bits per heavy atom. The molecule has 1 aliphatic carbocycles. The molecule has 31 heavy (non-hydrogen) atoms. The maximum absolute atomic E-state index is 13.3. The van der Waals surface area contributed by atoms with E-state index in [1.54, 1.807) is 12.1 Å². The predicted molar refractivity (Wildman–Crippen MR) is 114 cm³/mol. The van der Waals surface area contributed by atoms with Crippen LogP contribution in [-0.4, -0.2) is 73.0 Å². The molecule has 2 heterocycles. The summed E-state index contributed by atoms with van der Waals surface area (Å²) in [5.41, 5.74) is -0.893. The quantitative estimate of drug-likeness (QED) is 0.704. The average Bonchev–Trinajstić information content (AvgIpc) is 3.15. The summed E-state index contributed by atoms with van der Waals surface area (Å²) < 4.78 is 26.6. The van der Waals surface area contributed by atoms with Crippen LogP contribution >= 0.6 is 11.6 Å². The van der Waals surface area contributed by atoms with E-state index in [1.165, 1.54) is 17.0 Å². The van der Waals surface area contributed by atoms with Crippen molar-refractivity contribution >= 4 is 33.3 Å². The SMILES string of the molecule is CN1CCC[C@H]1C(=O)N1C[C@H](S(=O)(=O)c2ccccc2Cl)C[C@H]1C(=O)NC1(C#N)CC1. The van der Waals surface area contributed by atoms with Crippen molar-refractivity contribution in [2.75, 3.05) is 20.1 Å². The first-order valence-corrected chi connectivity index (χ1v) is 12.3. The number of sulfone groups is 1. The fourth-order valence-corrected chi connectivity index (χ4v) is 6.71. The summed E-state index contributed by atoms with van der Waals surface area (Å²) in [7, 11) is -2.00. The second-order valence-corrected chi connectivity index (χ2v) is 11.3. The summed E-state index contributed by atoms with van der Waals surface area (Å²) in [4.78, 5) is 29.7. The molecule has 2 saturated heterocycles. The van der Waals surface area contributed by atoms with Crippen molar-refractivity contribution in [3.63, 3.8) is 0 Å². The van der Waals surface area contributed by atoms with Crippen LogP contribution in [0.2, 0.25) is 5.02 Å². The van der Waals surface area contributed by atoms with Gasteiger partial charge >= 0.3 is 0 Å². The molecule has 1 aromatic rings. The van der Waals surface area contributed by atoms with Crippen LogP contribution in [0.1, 0.15) is 32.1 Å². The Kier molecular flexibility index (Phi) is 5.75. The van der Waals surface area contributed by atoms with Gasteiger partial charge in [0.1, 0.15) is 11.6 Å². The molecular formula is C21H25ClN4O4S. The predicted octanol–water partition coefficient (Wildman–Crippen LogP) is 1.35. The van der Waals surface area contributed by atoms with Gasteiger partial charge < -0.3 is 10.2 Å². The summed E-state index contributed by atoms with van der Waals surface area (Å²) >= 11 is 6.14. The van der Waals surface area contributed by atoms with Gasteiger partial charge in [-0.3, -0.25) is 14.5 Å². The van der Waals surface area contributed by atoms with Crippen LogP contribution in [0.4, 0.5) is 0 Å². The van der Waals surface area contributed by atoms with Crippen LogP contribution in [0.3, 0.4) is 0 Å². The lowest BCUT2D eigenvalue weighted by Crippen LogP contribution is -2.53. The molecule has 3 aliphatic rings. The third-order valence-electron chi connectivity index (χ3n) is 6.56. The van der Waals surface area contributed by atoms with E-state index in [4.69, 9.17) is 11.6 Å². The molecule has 8 nitrogen and oxygen atoms in total. The zero-order valence-corrected chi connectivity index (χ0v) is 18.8. The summed E-state index contributed by atoms with van der Waals surface area (Å²) in [5.74, 6) is -0.705. The fourth-order valence-electron chi connectivity index (χ4n) is 4.49. The number of likely N-dealkylation sites (N-methyl/N-ethyl adjacent to an activating group) is 1. The van der Waals surface area contributed by atoms with Crippen LogP contribution < -0.4 is 5.32 Å². The summed E-state index contributed by atoms with van der Waals surface area (Å²) in [6.07, 6.45) is 2.63. The number of halogens is 1. The van der Waals surface area contributed by atoms with Gasteiger partial charge in [0.25, 0.3) is 0 Å². The molecule has 4 rings (SSSR count). The standard InChI is InChI=1S/C21H25ClN4O4S/c1-25-10-4-6-16(25)20(28)26-12-14(31(29,30)18-7-3-2-5-15(18)22)11-17(26)19(27)24-21(13-23)8-9-21/h2-3,5,7,14,16-17H,4,6,8-12H2,1H3,(H,24,27)/t14-,16+,17+/m1/s1. The third-order valence-corrected chi connectivity index (χ3v) is 9.19. The maximum Gasteiger partial charge on any atom is 0.244 e. The van der Waals surface area contributed by atoms with Gasteiger partial charge in [0.05, 0.1) is 27.3 Å². The van der Waals surface area contributed by atoms with E-state index < -0.39 is 32.6 Å². The zero-order valence-electron chi connectivity index (χ0n) is 17.3. The van der Waals surface area contributed by atoms with Crippen LogP contribution in [0.5, 0.6) is 0 Å². The number of nitrogens with one attached hydrogen (secondary N) is 1. The van der Waals surface area contributed by atoms with Gasteiger partial charge in [-0.1, -0.05) is 23.7 Å². The molecule has 1 N–H and O–H groups in total. The molecule has 1 saturated carbocycles. The normalized spacial score (nSPS) is 27.6. The summed E-state index contributed by atoms with van der Waals surface area (Å²) in [6, 6.07) is 6.99. The van der Waals surface area contributed by atoms with Crippen molar-refractivity contribution in [2.45, 2.75) is 59.9 Å². The zero-order chi connectivity index (χ0) is 22.4.